The van der Waals surface area contributed by atoms with Crippen molar-refractivity contribution in [3.63, 3.8) is 0 Å². The van der Waals surface area contributed by atoms with Gasteiger partial charge in [-0.25, -0.2) is 8.42 Å². The van der Waals surface area contributed by atoms with Gasteiger partial charge in [-0.1, -0.05) is 30.1 Å². The van der Waals surface area contributed by atoms with Gasteiger partial charge in [0.15, 0.2) is 0 Å². The molecular weight excluding hydrogens is 419 g/mol. The van der Waals surface area contributed by atoms with Crippen LogP contribution in [-0.2, 0) is 10.0 Å². The third kappa shape index (κ3) is 4.29. The second kappa shape index (κ2) is 8.31. The summed E-state index contributed by atoms with van der Waals surface area (Å²) in [6.07, 6.45) is 2.09. The molecule has 1 aliphatic heterocycles. The molecule has 5 nitrogen and oxygen atoms in total. The Bertz CT molecular complexity index is 977. The number of likely N-dealkylation sites (tertiary alicyclic amines) is 1. The maximum absolute atomic E-state index is 12.8. The highest BCUT2D eigenvalue weighted by Gasteiger charge is 2.26. The smallest absolute Gasteiger partial charge is 0.264 e. The molecule has 2 aromatic rings. The van der Waals surface area contributed by atoms with Crippen LogP contribution < -0.4 is 4.31 Å². The van der Waals surface area contributed by atoms with Crippen LogP contribution in [0.4, 0.5) is 5.69 Å². The van der Waals surface area contributed by atoms with E-state index < -0.39 is 10.0 Å². The van der Waals surface area contributed by atoms with Crippen LogP contribution in [0, 0.1) is 5.92 Å². The van der Waals surface area contributed by atoms with Gasteiger partial charge >= 0.3 is 0 Å². The summed E-state index contributed by atoms with van der Waals surface area (Å²) in [5.74, 6) is 0.345. The van der Waals surface area contributed by atoms with Gasteiger partial charge in [-0.3, -0.25) is 9.10 Å². The third-order valence-corrected chi connectivity index (χ3v) is 7.33. The Kier molecular flexibility index (Phi) is 6.22. The minimum atomic E-state index is -3.77. The summed E-state index contributed by atoms with van der Waals surface area (Å²) in [7, 11) is -2.32. The van der Waals surface area contributed by atoms with Crippen molar-refractivity contribution in [3.8, 4) is 0 Å². The Morgan fingerprint density at radius 1 is 1.14 bits per heavy atom. The lowest BCUT2D eigenvalue weighted by molar-refractivity contribution is 0.0683. The van der Waals surface area contributed by atoms with Gasteiger partial charge in [-0.2, -0.15) is 0 Å². The maximum Gasteiger partial charge on any atom is 0.264 e. The van der Waals surface area contributed by atoms with E-state index in [1.807, 2.05) is 4.90 Å². The van der Waals surface area contributed by atoms with Crippen LogP contribution in [0.1, 0.15) is 30.1 Å². The molecule has 0 unspecified atom stereocenters. The molecule has 1 atom stereocenters. The van der Waals surface area contributed by atoms with Crippen molar-refractivity contribution in [1.29, 1.82) is 0 Å². The van der Waals surface area contributed by atoms with Gasteiger partial charge in [-0.15, -0.1) is 0 Å². The van der Waals surface area contributed by atoms with Crippen LogP contribution in [0.2, 0.25) is 10.0 Å². The summed E-state index contributed by atoms with van der Waals surface area (Å²) in [6, 6.07) is 10.6. The van der Waals surface area contributed by atoms with E-state index in [0.717, 1.165) is 17.1 Å². The van der Waals surface area contributed by atoms with Gasteiger partial charge in [0, 0.05) is 25.2 Å². The van der Waals surface area contributed by atoms with Gasteiger partial charge in [-0.05, 0) is 61.2 Å². The molecule has 3 rings (SSSR count). The highest BCUT2D eigenvalue weighted by molar-refractivity contribution is 7.92. The molecule has 0 radical (unpaired) electrons. The number of halogens is 2. The fourth-order valence-corrected chi connectivity index (χ4v) is 4.89. The minimum Gasteiger partial charge on any atom is -0.338 e. The van der Waals surface area contributed by atoms with Gasteiger partial charge in [0.05, 0.1) is 21.2 Å². The Labute approximate surface area is 175 Å². The monoisotopic (exact) mass is 440 g/mol. The van der Waals surface area contributed by atoms with Crippen molar-refractivity contribution in [2.45, 2.75) is 24.7 Å². The first-order chi connectivity index (χ1) is 13.2. The lowest BCUT2D eigenvalue weighted by Gasteiger charge is -2.31. The Morgan fingerprint density at radius 2 is 1.82 bits per heavy atom. The van der Waals surface area contributed by atoms with Crippen molar-refractivity contribution < 1.29 is 13.2 Å². The standard InChI is InChI=1S/C20H22Cl2N2O3S/c1-14-4-3-11-24(13-14)20(25)18-10-7-16(12-19(18)22)23(2)28(26,27)17-8-5-15(21)6-9-17/h5-10,12,14H,3-4,11,13H2,1-2H3/t14-/m0/s1. The van der Waals surface area contributed by atoms with E-state index in [0.29, 0.717) is 35.3 Å². The molecule has 0 N–H and O–H groups in total. The lowest BCUT2D eigenvalue weighted by Crippen LogP contribution is -2.39. The number of anilines is 1. The number of piperidine rings is 1. The van der Waals surface area contributed by atoms with Crippen LogP contribution >= 0.6 is 23.2 Å². The van der Waals surface area contributed by atoms with E-state index >= 15 is 0 Å². The second-order valence-electron chi connectivity index (χ2n) is 7.09. The number of hydrogen-bond donors (Lipinski definition) is 0. The van der Waals surface area contributed by atoms with Crippen molar-refractivity contribution in [3.05, 3.63) is 58.1 Å². The average molecular weight is 441 g/mol. The zero-order valence-corrected chi connectivity index (χ0v) is 18.1. The van der Waals surface area contributed by atoms with E-state index in [-0.39, 0.29) is 15.8 Å². The molecule has 0 spiro atoms. The van der Waals surface area contributed by atoms with Crippen LogP contribution in [-0.4, -0.2) is 39.4 Å². The molecule has 0 bridgehead atoms. The molecule has 0 saturated carbocycles. The molecule has 0 aromatic heterocycles. The molecule has 28 heavy (non-hydrogen) atoms. The van der Waals surface area contributed by atoms with Crippen molar-refractivity contribution >= 4 is 44.8 Å². The molecule has 2 aromatic carbocycles. The number of carbonyl (C=O) groups is 1. The van der Waals surface area contributed by atoms with Gasteiger partial charge in [0.1, 0.15) is 0 Å². The van der Waals surface area contributed by atoms with Crippen molar-refractivity contribution in [1.82, 2.24) is 4.90 Å². The van der Waals surface area contributed by atoms with E-state index in [2.05, 4.69) is 6.92 Å². The Morgan fingerprint density at radius 3 is 2.43 bits per heavy atom. The third-order valence-electron chi connectivity index (χ3n) is 4.96. The fourth-order valence-electron chi connectivity index (χ4n) is 3.32. The first-order valence-electron chi connectivity index (χ1n) is 9.03. The van der Waals surface area contributed by atoms with Crippen molar-refractivity contribution in [2.75, 3.05) is 24.4 Å². The van der Waals surface area contributed by atoms with Gasteiger partial charge in [0.2, 0.25) is 0 Å². The van der Waals surface area contributed by atoms with Crippen LogP contribution in [0.15, 0.2) is 47.4 Å². The summed E-state index contributed by atoms with van der Waals surface area (Å²) in [5.41, 5.74) is 0.764. The lowest BCUT2D eigenvalue weighted by atomic mass is 9.99. The van der Waals surface area contributed by atoms with Crippen LogP contribution in [0.3, 0.4) is 0 Å². The first-order valence-corrected chi connectivity index (χ1v) is 11.2. The van der Waals surface area contributed by atoms with E-state index in [9.17, 15) is 13.2 Å². The highest BCUT2D eigenvalue weighted by atomic mass is 35.5. The largest absolute Gasteiger partial charge is 0.338 e. The van der Waals surface area contributed by atoms with E-state index in [1.165, 1.54) is 37.4 Å². The number of benzene rings is 2. The molecule has 8 heteroatoms. The molecule has 1 fully saturated rings. The van der Waals surface area contributed by atoms with Crippen LogP contribution in [0.5, 0.6) is 0 Å². The Hall–Kier alpha value is -1.76. The summed E-state index contributed by atoms with van der Waals surface area (Å²) in [5, 5.41) is 0.693. The molecule has 1 saturated heterocycles. The maximum atomic E-state index is 12.8. The topological polar surface area (TPSA) is 57.7 Å². The molecule has 1 aliphatic rings. The van der Waals surface area contributed by atoms with Crippen LogP contribution in [0.25, 0.3) is 0 Å². The number of carbonyl (C=O) groups excluding carboxylic acids is 1. The number of nitrogens with zero attached hydrogens (tertiary/aromatic N) is 2. The first kappa shape index (κ1) is 21.0. The molecule has 1 amide bonds. The number of sulfonamides is 1. The zero-order valence-electron chi connectivity index (χ0n) is 15.7. The Balaban J connectivity index is 1.85. The summed E-state index contributed by atoms with van der Waals surface area (Å²) in [4.78, 5) is 14.7. The fraction of sp³-hybridized carbons (Fsp3) is 0.350. The SMILES string of the molecule is C[C@H]1CCCN(C(=O)c2ccc(N(C)S(=O)(=O)c3ccc(Cl)cc3)cc2Cl)C1. The number of rotatable bonds is 4. The zero-order chi connectivity index (χ0) is 20.5. The average Bonchev–Trinajstić information content (AvgIpc) is 2.67. The predicted octanol–water partition coefficient (Wildman–Crippen LogP) is 4.69. The molecular formula is C20H22Cl2N2O3S. The van der Waals surface area contributed by atoms with Gasteiger partial charge < -0.3 is 4.90 Å². The summed E-state index contributed by atoms with van der Waals surface area (Å²) in [6.45, 7) is 3.55. The normalized spacial score (nSPS) is 17.4. The quantitative estimate of drug-likeness (QED) is 0.692. The minimum absolute atomic E-state index is 0.119. The predicted molar refractivity (Wildman–Crippen MR) is 113 cm³/mol. The van der Waals surface area contributed by atoms with E-state index in [4.69, 9.17) is 23.2 Å². The number of hydrogen-bond acceptors (Lipinski definition) is 3. The van der Waals surface area contributed by atoms with Gasteiger partial charge in [0.25, 0.3) is 15.9 Å². The molecule has 1 heterocycles. The van der Waals surface area contributed by atoms with Crippen molar-refractivity contribution in [2.24, 2.45) is 5.92 Å². The summed E-state index contributed by atoms with van der Waals surface area (Å²) < 4.78 is 26.8. The molecule has 150 valence electrons. The second-order valence-corrected chi connectivity index (χ2v) is 9.90. The highest BCUT2D eigenvalue weighted by Crippen LogP contribution is 2.29. The number of amides is 1. The summed E-state index contributed by atoms with van der Waals surface area (Å²) >= 11 is 12.2. The molecule has 0 aliphatic carbocycles. The van der Waals surface area contributed by atoms with E-state index in [1.54, 1.807) is 12.1 Å².